The molecular formula is C10H15FN2O3S. The lowest BCUT2D eigenvalue weighted by Crippen LogP contribution is -2.37. The molecular weight excluding hydrogens is 247 g/mol. The Balaban J connectivity index is 3.09. The highest BCUT2D eigenvalue weighted by molar-refractivity contribution is 7.89. The number of hydrogen-bond donors (Lipinski definition) is 3. The summed E-state index contributed by atoms with van der Waals surface area (Å²) in [4.78, 5) is -0.510. The maximum atomic E-state index is 13.4. The third-order valence-electron chi connectivity index (χ3n) is 2.28. The normalized spacial score (nSPS) is 13.6. The lowest BCUT2D eigenvalue weighted by atomic mass is 10.3. The minimum atomic E-state index is -4.00. The second-order valence-electron chi connectivity index (χ2n) is 3.60. The van der Waals surface area contributed by atoms with E-state index in [1.165, 1.54) is 6.07 Å². The van der Waals surface area contributed by atoms with Crippen molar-refractivity contribution in [1.82, 2.24) is 4.72 Å². The Morgan fingerprint density at radius 2 is 2.18 bits per heavy atom. The van der Waals surface area contributed by atoms with Crippen LogP contribution in [0.2, 0.25) is 0 Å². The second-order valence-corrected chi connectivity index (χ2v) is 5.28. The first kappa shape index (κ1) is 13.9. The van der Waals surface area contributed by atoms with E-state index in [9.17, 15) is 12.8 Å². The highest BCUT2D eigenvalue weighted by Crippen LogP contribution is 2.18. The lowest BCUT2D eigenvalue weighted by molar-refractivity contribution is 0.253. The Hall–Kier alpha value is -1.18. The zero-order valence-electron chi connectivity index (χ0n) is 9.35. The van der Waals surface area contributed by atoms with Crippen LogP contribution >= 0.6 is 0 Å². The van der Waals surface area contributed by atoms with Crippen molar-refractivity contribution < 1.29 is 17.9 Å². The van der Waals surface area contributed by atoms with E-state index in [4.69, 9.17) is 10.8 Å². The number of benzene rings is 1. The van der Waals surface area contributed by atoms with Gasteiger partial charge in [-0.1, -0.05) is 6.92 Å². The van der Waals surface area contributed by atoms with Crippen LogP contribution in [0.25, 0.3) is 0 Å². The van der Waals surface area contributed by atoms with Gasteiger partial charge in [0.1, 0.15) is 10.7 Å². The zero-order chi connectivity index (χ0) is 13.1. The molecule has 0 amide bonds. The third-order valence-corrected chi connectivity index (χ3v) is 3.82. The van der Waals surface area contributed by atoms with Gasteiger partial charge in [-0.3, -0.25) is 0 Å². The number of rotatable bonds is 5. The van der Waals surface area contributed by atoms with Gasteiger partial charge >= 0.3 is 0 Å². The molecule has 0 aliphatic rings. The first-order chi connectivity index (χ1) is 7.90. The average molecular weight is 262 g/mol. The predicted molar refractivity (Wildman–Crippen MR) is 62.3 cm³/mol. The molecule has 0 saturated heterocycles. The fourth-order valence-electron chi connectivity index (χ4n) is 1.26. The SMILES string of the molecule is CC[C@@H](CO)NS(=O)(=O)c1cc(N)ccc1F. The van der Waals surface area contributed by atoms with Crippen LogP contribution in [0.15, 0.2) is 23.1 Å². The first-order valence-corrected chi connectivity index (χ1v) is 6.57. The lowest BCUT2D eigenvalue weighted by Gasteiger charge is -2.14. The summed E-state index contributed by atoms with van der Waals surface area (Å²) < 4.78 is 39.2. The van der Waals surface area contributed by atoms with Gasteiger partial charge in [0.25, 0.3) is 0 Å². The number of nitrogens with one attached hydrogen (secondary N) is 1. The topological polar surface area (TPSA) is 92.4 Å². The van der Waals surface area contributed by atoms with E-state index in [0.717, 1.165) is 12.1 Å². The number of sulfonamides is 1. The summed E-state index contributed by atoms with van der Waals surface area (Å²) in [5.41, 5.74) is 5.57. The van der Waals surface area contributed by atoms with Gasteiger partial charge in [0, 0.05) is 11.7 Å². The van der Waals surface area contributed by atoms with E-state index in [1.807, 2.05) is 0 Å². The van der Waals surface area contributed by atoms with Crippen LogP contribution in [0.4, 0.5) is 10.1 Å². The largest absolute Gasteiger partial charge is 0.399 e. The van der Waals surface area contributed by atoms with Crippen molar-refractivity contribution in [2.24, 2.45) is 0 Å². The van der Waals surface area contributed by atoms with Crippen LogP contribution in [0.5, 0.6) is 0 Å². The Bertz CT molecular complexity index is 486. The number of anilines is 1. The zero-order valence-corrected chi connectivity index (χ0v) is 10.2. The average Bonchev–Trinajstić information content (AvgIpc) is 2.29. The van der Waals surface area contributed by atoms with E-state index in [2.05, 4.69) is 4.72 Å². The molecule has 0 unspecified atom stereocenters. The van der Waals surface area contributed by atoms with Crippen LogP contribution in [0.1, 0.15) is 13.3 Å². The minimum absolute atomic E-state index is 0.156. The summed E-state index contributed by atoms with van der Waals surface area (Å²) >= 11 is 0. The summed E-state index contributed by atoms with van der Waals surface area (Å²) in [6.07, 6.45) is 0.402. The molecule has 96 valence electrons. The predicted octanol–water partition coefficient (Wildman–Crippen LogP) is 0.457. The molecule has 0 spiro atoms. The van der Waals surface area contributed by atoms with Crippen molar-refractivity contribution in [1.29, 1.82) is 0 Å². The van der Waals surface area contributed by atoms with Crippen molar-refractivity contribution in [2.45, 2.75) is 24.3 Å². The van der Waals surface area contributed by atoms with Crippen molar-refractivity contribution in [3.05, 3.63) is 24.0 Å². The van der Waals surface area contributed by atoms with Gasteiger partial charge in [-0.15, -0.1) is 0 Å². The number of nitrogen functional groups attached to an aromatic ring is 1. The maximum absolute atomic E-state index is 13.4. The number of aliphatic hydroxyl groups excluding tert-OH is 1. The third kappa shape index (κ3) is 3.39. The van der Waals surface area contributed by atoms with E-state index in [1.54, 1.807) is 6.92 Å². The van der Waals surface area contributed by atoms with Gasteiger partial charge in [0.05, 0.1) is 6.61 Å². The molecule has 4 N–H and O–H groups in total. The highest BCUT2D eigenvalue weighted by atomic mass is 32.2. The molecule has 0 aromatic heterocycles. The maximum Gasteiger partial charge on any atom is 0.243 e. The Morgan fingerprint density at radius 3 is 2.71 bits per heavy atom. The summed E-state index contributed by atoms with van der Waals surface area (Å²) in [6.45, 7) is 1.36. The van der Waals surface area contributed by atoms with Crippen molar-refractivity contribution in [3.63, 3.8) is 0 Å². The molecule has 1 aromatic carbocycles. The molecule has 0 bridgehead atoms. The summed E-state index contributed by atoms with van der Waals surface area (Å²) in [6, 6.07) is 2.67. The molecule has 1 atom stereocenters. The van der Waals surface area contributed by atoms with E-state index in [0.29, 0.717) is 6.42 Å². The molecule has 1 rings (SSSR count). The molecule has 0 aliphatic heterocycles. The Labute approximate surface area is 99.5 Å². The van der Waals surface area contributed by atoms with Gasteiger partial charge in [-0.05, 0) is 24.6 Å². The summed E-state index contributed by atoms with van der Waals surface area (Å²) in [5.74, 6) is -0.875. The number of nitrogens with two attached hydrogens (primary N) is 1. The molecule has 0 radical (unpaired) electrons. The van der Waals surface area contributed by atoms with Gasteiger partial charge in [-0.25, -0.2) is 17.5 Å². The second kappa shape index (κ2) is 5.44. The molecule has 0 aliphatic carbocycles. The summed E-state index contributed by atoms with van der Waals surface area (Å²) in [5, 5.41) is 8.91. The quantitative estimate of drug-likeness (QED) is 0.672. The number of aliphatic hydroxyl groups is 1. The molecule has 1 aromatic rings. The fourth-order valence-corrected chi connectivity index (χ4v) is 2.68. The van der Waals surface area contributed by atoms with E-state index >= 15 is 0 Å². The number of halogens is 1. The van der Waals surface area contributed by atoms with E-state index in [-0.39, 0.29) is 12.3 Å². The number of hydrogen-bond acceptors (Lipinski definition) is 4. The smallest absolute Gasteiger partial charge is 0.243 e. The van der Waals surface area contributed by atoms with Gasteiger partial charge < -0.3 is 10.8 Å². The molecule has 0 heterocycles. The fraction of sp³-hybridized carbons (Fsp3) is 0.400. The molecule has 5 nitrogen and oxygen atoms in total. The van der Waals surface area contributed by atoms with Gasteiger partial charge in [0.2, 0.25) is 10.0 Å². The molecule has 0 saturated carbocycles. The van der Waals surface area contributed by atoms with Crippen molar-refractivity contribution in [2.75, 3.05) is 12.3 Å². The minimum Gasteiger partial charge on any atom is -0.399 e. The Morgan fingerprint density at radius 1 is 1.53 bits per heavy atom. The standard InChI is InChI=1S/C10H15FN2O3S/c1-2-8(6-14)13-17(15,16)10-5-7(12)3-4-9(10)11/h3-5,8,13-14H,2,6,12H2,1H3/t8-/m0/s1. The van der Waals surface area contributed by atoms with Crippen molar-refractivity contribution >= 4 is 15.7 Å². The van der Waals surface area contributed by atoms with Crippen molar-refractivity contribution in [3.8, 4) is 0 Å². The molecule has 0 fully saturated rings. The van der Waals surface area contributed by atoms with Gasteiger partial charge in [-0.2, -0.15) is 0 Å². The Kier molecular flexibility index (Phi) is 4.44. The van der Waals surface area contributed by atoms with Crippen LogP contribution in [0, 0.1) is 5.82 Å². The van der Waals surface area contributed by atoms with Crippen LogP contribution in [-0.4, -0.2) is 26.2 Å². The van der Waals surface area contributed by atoms with Crippen LogP contribution in [0.3, 0.4) is 0 Å². The van der Waals surface area contributed by atoms with Gasteiger partial charge in [0.15, 0.2) is 0 Å². The highest BCUT2D eigenvalue weighted by Gasteiger charge is 2.22. The summed E-state index contributed by atoms with van der Waals surface area (Å²) in [7, 11) is -4.00. The molecule has 17 heavy (non-hydrogen) atoms. The first-order valence-electron chi connectivity index (χ1n) is 5.09. The van der Waals surface area contributed by atoms with E-state index < -0.39 is 26.8 Å². The van der Waals surface area contributed by atoms with Crippen LogP contribution < -0.4 is 10.5 Å². The monoisotopic (exact) mass is 262 g/mol. The molecule has 7 heteroatoms. The van der Waals surface area contributed by atoms with Crippen LogP contribution in [-0.2, 0) is 10.0 Å².